The molecule has 4 aliphatic carbocycles. The van der Waals surface area contributed by atoms with E-state index >= 15 is 0 Å². The highest BCUT2D eigenvalue weighted by Crippen LogP contribution is 2.55. The number of carbonyl (C=O) groups is 1. The van der Waals surface area contributed by atoms with Crippen molar-refractivity contribution in [3.05, 3.63) is 23.8 Å². The Labute approximate surface area is 166 Å². The number of hydrogen-bond acceptors (Lipinski definition) is 6. The predicted molar refractivity (Wildman–Crippen MR) is 105 cm³/mol. The largest absolute Gasteiger partial charge is 0.493 e. The Hall–Kier alpha value is -1.79. The Bertz CT molecular complexity index is 684. The van der Waals surface area contributed by atoms with Crippen LogP contribution in [-0.2, 0) is 4.74 Å². The van der Waals surface area contributed by atoms with Gasteiger partial charge in [-0.2, -0.15) is 0 Å². The summed E-state index contributed by atoms with van der Waals surface area (Å²) in [6, 6.07) is 4.88. The molecule has 154 valence electrons. The van der Waals surface area contributed by atoms with Gasteiger partial charge in [-0.05, 0) is 74.5 Å². The fraction of sp³-hybridized carbons (Fsp3) is 0.682. The van der Waals surface area contributed by atoms with Gasteiger partial charge in [0, 0.05) is 12.1 Å². The van der Waals surface area contributed by atoms with Crippen LogP contribution in [0, 0.1) is 17.8 Å². The molecule has 6 heteroatoms. The number of benzene rings is 1. The van der Waals surface area contributed by atoms with Crippen LogP contribution < -0.4 is 14.8 Å². The normalized spacial score (nSPS) is 31.5. The quantitative estimate of drug-likeness (QED) is 0.666. The zero-order valence-corrected chi connectivity index (χ0v) is 16.8. The summed E-state index contributed by atoms with van der Waals surface area (Å²) in [4.78, 5) is 11.6. The summed E-state index contributed by atoms with van der Waals surface area (Å²) in [6.07, 6.45) is 7.41. The van der Waals surface area contributed by atoms with Gasteiger partial charge in [0.1, 0.15) is 12.7 Å². The van der Waals surface area contributed by atoms with Gasteiger partial charge in [-0.1, -0.05) is 0 Å². The van der Waals surface area contributed by atoms with Crippen molar-refractivity contribution in [2.75, 3.05) is 27.4 Å². The number of aliphatic hydroxyl groups is 1. The highest BCUT2D eigenvalue weighted by atomic mass is 16.5. The van der Waals surface area contributed by atoms with Gasteiger partial charge in [0.25, 0.3) is 0 Å². The lowest BCUT2D eigenvalue weighted by Gasteiger charge is -2.57. The third-order valence-electron chi connectivity index (χ3n) is 6.77. The molecule has 1 atom stereocenters. The minimum atomic E-state index is -0.599. The highest BCUT2D eigenvalue weighted by molar-refractivity contribution is 5.90. The number of hydrogen-bond donors (Lipinski definition) is 2. The lowest BCUT2D eigenvalue weighted by atomic mass is 9.53. The summed E-state index contributed by atoms with van der Waals surface area (Å²) in [5.41, 5.74) is 0.631. The minimum Gasteiger partial charge on any atom is -0.493 e. The molecule has 4 fully saturated rings. The molecule has 4 saturated carbocycles. The summed E-state index contributed by atoms with van der Waals surface area (Å²) in [5, 5.41) is 14.2. The first-order valence-corrected chi connectivity index (χ1v) is 10.3. The van der Waals surface area contributed by atoms with Crippen molar-refractivity contribution in [2.24, 2.45) is 17.8 Å². The van der Waals surface area contributed by atoms with Crippen LogP contribution >= 0.6 is 0 Å². The van der Waals surface area contributed by atoms with Crippen LogP contribution in [-0.4, -0.2) is 50.1 Å². The highest BCUT2D eigenvalue weighted by Gasteiger charge is 2.50. The summed E-state index contributed by atoms with van der Waals surface area (Å²) in [7, 11) is 2.86. The lowest BCUT2D eigenvalue weighted by Crippen LogP contribution is -2.59. The SMILES string of the molecule is COC(=O)c1ccc(OC[C@@H](O)CNC23CC4CC(CC(C4)C2)C3)c(OC)c1. The molecule has 28 heavy (non-hydrogen) atoms. The Balaban J connectivity index is 1.30. The average molecular weight is 389 g/mol. The summed E-state index contributed by atoms with van der Waals surface area (Å²) in [6.45, 7) is 0.710. The van der Waals surface area contributed by atoms with Crippen LogP contribution in [0.2, 0.25) is 0 Å². The molecule has 2 N–H and O–H groups in total. The van der Waals surface area contributed by atoms with Crippen LogP contribution in [0.5, 0.6) is 11.5 Å². The molecule has 0 amide bonds. The van der Waals surface area contributed by atoms with Gasteiger partial charge < -0.3 is 24.6 Å². The standard InChI is InChI=1S/C22H31NO5/c1-26-20-8-17(21(25)27-2)3-4-19(20)28-13-18(24)12-23-22-9-14-5-15(10-22)7-16(6-14)11-22/h3-4,8,14-16,18,23-24H,5-7,9-13H2,1-2H3/t14?,15?,16?,18-,22?/m0/s1. The van der Waals surface area contributed by atoms with E-state index in [0.717, 1.165) is 17.8 Å². The van der Waals surface area contributed by atoms with E-state index in [1.165, 1.54) is 52.7 Å². The Morgan fingerprint density at radius 3 is 2.36 bits per heavy atom. The van der Waals surface area contributed by atoms with Crippen molar-refractivity contribution < 1.29 is 24.1 Å². The van der Waals surface area contributed by atoms with E-state index in [1.807, 2.05) is 0 Å². The molecule has 0 spiro atoms. The maximum atomic E-state index is 11.6. The number of rotatable bonds is 8. The van der Waals surface area contributed by atoms with E-state index in [-0.39, 0.29) is 12.1 Å². The van der Waals surface area contributed by atoms with Crippen molar-refractivity contribution in [1.82, 2.24) is 5.32 Å². The van der Waals surface area contributed by atoms with Crippen LogP contribution in [0.1, 0.15) is 48.9 Å². The van der Waals surface area contributed by atoms with Crippen molar-refractivity contribution in [3.8, 4) is 11.5 Å². The number of ether oxygens (including phenoxy) is 3. The zero-order chi connectivity index (χ0) is 19.7. The van der Waals surface area contributed by atoms with Gasteiger partial charge in [0.2, 0.25) is 0 Å². The third kappa shape index (κ3) is 3.98. The zero-order valence-electron chi connectivity index (χ0n) is 16.8. The smallest absolute Gasteiger partial charge is 0.337 e. The number of aliphatic hydroxyl groups excluding tert-OH is 1. The molecule has 5 rings (SSSR count). The van der Waals surface area contributed by atoms with Gasteiger partial charge in [0.15, 0.2) is 11.5 Å². The third-order valence-corrected chi connectivity index (χ3v) is 6.77. The second-order valence-electron chi connectivity index (χ2n) is 8.90. The van der Waals surface area contributed by atoms with Gasteiger partial charge >= 0.3 is 5.97 Å². The first-order valence-electron chi connectivity index (χ1n) is 10.3. The molecule has 1 aromatic carbocycles. The van der Waals surface area contributed by atoms with Crippen molar-refractivity contribution in [2.45, 2.75) is 50.2 Å². The van der Waals surface area contributed by atoms with Gasteiger partial charge in [-0.15, -0.1) is 0 Å². The molecule has 0 aliphatic heterocycles. The molecule has 0 heterocycles. The van der Waals surface area contributed by atoms with E-state index in [1.54, 1.807) is 18.2 Å². The number of carbonyl (C=O) groups excluding carboxylic acids is 1. The van der Waals surface area contributed by atoms with Crippen LogP contribution in [0.15, 0.2) is 18.2 Å². The topological polar surface area (TPSA) is 77.0 Å². The van der Waals surface area contributed by atoms with Crippen molar-refractivity contribution in [3.63, 3.8) is 0 Å². The molecule has 4 aliphatic rings. The van der Waals surface area contributed by atoms with Crippen LogP contribution in [0.4, 0.5) is 0 Å². The Kier molecular flexibility index (Phi) is 5.52. The van der Waals surface area contributed by atoms with E-state index in [0.29, 0.717) is 23.6 Å². The number of nitrogens with one attached hydrogen (secondary N) is 1. The molecular weight excluding hydrogens is 358 g/mol. The Morgan fingerprint density at radius 2 is 1.79 bits per heavy atom. The fourth-order valence-electron chi connectivity index (χ4n) is 5.94. The van der Waals surface area contributed by atoms with Gasteiger partial charge in [-0.3, -0.25) is 0 Å². The first kappa shape index (κ1) is 19.5. The molecular formula is C22H31NO5. The van der Waals surface area contributed by atoms with Crippen molar-refractivity contribution in [1.29, 1.82) is 0 Å². The van der Waals surface area contributed by atoms with E-state index in [9.17, 15) is 9.90 Å². The number of methoxy groups -OCH3 is 2. The average Bonchev–Trinajstić information content (AvgIpc) is 2.69. The molecule has 6 nitrogen and oxygen atoms in total. The lowest BCUT2D eigenvalue weighted by molar-refractivity contribution is -0.0267. The molecule has 0 radical (unpaired) electrons. The molecule has 0 saturated heterocycles. The minimum absolute atomic E-state index is 0.174. The predicted octanol–water partition coefficient (Wildman–Crippen LogP) is 2.78. The van der Waals surface area contributed by atoms with Gasteiger partial charge in [0.05, 0.1) is 19.8 Å². The first-order chi connectivity index (χ1) is 13.5. The summed E-state index contributed by atoms with van der Waals surface area (Å²) in [5.74, 6) is 3.16. The van der Waals surface area contributed by atoms with E-state index < -0.39 is 12.1 Å². The fourth-order valence-corrected chi connectivity index (χ4v) is 5.94. The number of β-amino-alcohol motifs (C(OH)–C–C–N with tert-alkyl or cyclic N) is 1. The molecule has 1 aromatic rings. The van der Waals surface area contributed by atoms with E-state index in [2.05, 4.69) is 5.32 Å². The Morgan fingerprint density at radius 1 is 1.14 bits per heavy atom. The molecule has 4 bridgehead atoms. The summed E-state index contributed by atoms with van der Waals surface area (Å²) >= 11 is 0. The van der Waals surface area contributed by atoms with Crippen molar-refractivity contribution >= 4 is 5.97 Å². The second-order valence-corrected chi connectivity index (χ2v) is 8.90. The monoisotopic (exact) mass is 389 g/mol. The van der Waals surface area contributed by atoms with Crippen LogP contribution in [0.3, 0.4) is 0 Å². The molecule has 0 unspecified atom stereocenters. The van der Waals surface area contributed by atoms with Crippen LogP contribution in [0.25, 0.3) is 0 Å². The maximum Gasteiger partial charge on any atom is 0.337 e. The van der Waals surface area contributed by atoms with E-state index in [4.69, 9.17) is 14.2 Å². The number of esters is 1. The summed E-state index contributed by atoms with van der Waals surface area (Å²) < 4.78 is 15.8. The molecule has 0 aromatic heterocycles. The van der Waals surface area contributed by atoms with Gasteiger partial charge in [-0.25, -0.2) is 4.79 Å². The second kappa shape index (κ2) is 7.91. The maximum absolute atomic E-state index is 11.6.